The van der Waals surface area contributed by atoms with E-state index in [1.54, 1.807) is 0 Å². The molecule has 3 atom stereocenters. The number of hydrogen-bond donors (Lipinski definition) is 1. The minimum atomic E-state index is 0.183. The van der Waals surface area contributed by atoms with Gasteiger partial charge in [0.05, 0.1) is 0 Å². The van der Waals surface area contributed by atoms with Crippen LogP contribution in [0.1, 0.15) is 35.2 Å². The second kappa shape index (κ2) is 4.97. The first-order valence-corrected chi connectivity index (χ1v) is 7.25. The standard InChI is InChI=1S/C16H22N2O/c1-11-2-4-12(5-3-11)16(19)18-9-13-6-7-15(17)8-14(13)10-18/h2-5,13-15H,6-10,17H2,1H3/t13-,14+,15?/m1/s1. The Balaban J connectivity index is 1.70. The van der Waals surface area contributed by atoms with Gasteiger partial charge in [0.1, 0.15) is 0 Å². The van der Waals surface area contributed by atoms with Crippen molar-refractivity contribution in [3.8, 4) is 0 Å². The predicted octanol–water partition coefficient (Wildman–Crippen LogP) is 2.19. The van der Waals surface area contributed by atoms with Gasteiger partial charge in [-0.15, -0.1) is 0 Å². The quantitative estimate of drug-likeness (QED) is 0.839. The first-order chi connectivity index (χ1) is 9.13. The van der Waals surface area contributed by atoms with E-state index in [-0.39, 0.29) is 5.91 Å². The van der Waals surface area contributed by atoms with Crippen molar-refractivity contribution in [3.05, 3.63) is 35.4 Å². The van der Waals surface area contributed by atoms with Crippen molar-refractivity contribution in [2.75, 3.05) is 13.1 Å². The molecule has 1 unspecified atom stereocenters. The summed E-state index contributed by atoms with van der Waals surface area (Å²) in [5.74, 6) is 1.48. The molecule has 2 fully saturated rings. The molecule has 1 aromatic carbocycles. The van der Waals surface area contributed by atoms with E-state index in [4.69, 9.17) is 5.73 Å². The number of nitrogens with two attached hydrogens (primary N) is 1. The first-order valence-electron chi connectivity index (χ1n) is 7.25. The number of likely N-dealkylation sites (tertiary alicyclic amines) is 1. The van der Waals surface area contributed by atoms with Gasteiger partial charge in [-0.2, -0.15) is 0 Å². The summed E-state index contributed by atoms with van der Waals surface area (Å²) in [7, 11) is 0. The summed E-state index contributed by atoms with van der Waals surface area (Å²) in [4.78, 5) is 14.5. The molecule has 0 spiro atoms. The van der Waals surface area contributed by atoms with Gasteiger partial charge in [0.15, 0.2) is 0 Å². The van der Waals surface area contributed by atoms with E-state index >= 15 is 0 Å². The van der Waals surface area contributed by atoms with E-state index in [9.17, 15) is 4.79 Å². The lowest BCUT2D eigenvalue weighted by atomic mass is 9.79. The van der Waals surface area contributed by atoms with Crippen LogP contribution >= 0.6 is 0 Å². The summed E-state index contributed by atoms with van der Waals surface area (Å²) in [6.07, 6.45) is 3.39. The third kappa shape index (κ3) is 2.52. The van der Waals surface area contributed by atoms with Gasteiger partial charge in [-0.05, 0) is 50.2 Å². The molecule has 1 aliphatic carbocycles. The van der Waals surface area contributed by atoms with Gasteiger partial charge < -0.3 is 10.6 Å². The minimum absolute atomic E-state index is 0.183. The highest BCUT2D eigenvalue weighted by molar-refractivity contribution is 5.94. The van der Waals surface area contributed by atoms with Crippen molar-refractivity contribution in [2.45, 2.75) is 32.2 Å². The van der Waals surface area contributed by atoms with E-state index in [1.165, 1.54) is 12.0 Å². The Hall–Kier alpha value is -1.35. The zero-order chi connectivity index (χ0) is 13.4. The van der Waals surface area contributed by atoms with Crippen LogP contribution in [-0.4, -0.2) is 29.9 Å². The normalized spacial score (nSPS) is 30.2. The summed E-state index contributed by atoms with van der Waals surface area (Å²) in [6, 6.07) is 8.23. The molecule has 3 nitrogen and oxygen atoms in total. The van der Waals surface area contributed by atoms with Crippen LogP contribution in [0, 0.1) is 18.8 Å². The Morgan fingerprint density at radius 3 is 2.58 bits per heavy atom. The predicted molar refractivity (Wildman–Crippen MR) is 75.9 cm³/mol. The molecule has 1 saturated heterocycles. The zero-order valence-electron chi connectivity index (χ0n) is 11.5. The number of nitrogens with zero attached hydrogens (tertiary/aromatic N) is 1. The lowest BCUT2D eigenvalue weighted by Gasteiger charge is -2.27. The molecule has 0 radical (unpaired) electrons. The Morgan fingerprint density at radius 2 is 1.84 bits per heavy atom. The molecule has 0 bridgehead atoms. The van der Waals surface area contributed by atoms with Crippen molar-refractivity contribution in [2.24, 2.45) is 17.6 Å². The summed E-state index contributed by atoms with van der Waals surface area (Å²) >= 11 is 0. The fourth-order valence-corrected chi connectivity index (χ4v) is 3.51. The number of hydrogen-bond acceptors (Lipinski definition) is 2. The number of aryl methyl sites for hydroxylation is 1. The van der Waals surface area contributed by atoms with E-state index in [2.05, 4.69) is 0 Å². The van der Waals surface area contributed by atoms with Gasteiger partial charge in [0.2, 0.25) is 0 Å². The van der Waals surface area contributed by atoms with Crippen LogP contribution in [0.25, 0.3) is 0 Å². The Bertz CT molecular complexity index is 468. The molecule has 3 heteroatoms. The van der Waals surface area contributed by atoms with Crippen LogP contribution in [-0.2, 0) is 0 Å². The Kier molecular flexibility index (Phi) is 3.31. The smallest absolute Gasteiger partial charge is 0.253 e. The fraction of sp³-hybridized carbons (Fsp3) is 0.562. The number of carbonyl (C=O) groups excluding carboxylic acids is 1. The maximum Gasteiger partial charge on any atom is 0.253 e. The topological polar surface area (TPSA) is 46.3 Å². The largest absolute Gasteiger partial charge is 0.338 e. The third-order valence-corrected chi connectivity index (χ3v) is 4.68. The monoisotopic (exact) mass is 258 g/mol. The average Bonchev–Trinajstić information content (AvgIpc) is 2.81. The molecule has 2 N–H and O–H groups in total. The van der Waals surface area contributed by atoms with Crippen molar-refractivity contribution < 1.29 is 4.79 Å². The third-order valence-electron chi connectivity index (χ3n) is 4.68. The number of benzene rings is 1. The van der Waals surface area contributed by atoms with Gasteiger partial charge in [-0.25, -0.2) is 0 Å². The average molecular weight is 258 g/mol. The first kappa shape index (κ1) is 12.7. The van der Waals surface area contributed by atoms with Crippen molar-refractivity contribution in [3.63, 3.8) is 0 Å². The minimum Gasteiger partial charge on any atom is -0.338 e. The van der Waals surface area contributed by atoms with Gasteiger partial charge in [0.25, 0.3) is 5.91 Å². The molecular formula is C16H22N2O. The molecule has 1 amide bonds. The van der Waals surface area contributed by atoms with Crippen LogP contribution < -0.4 is 5.73 Å². The second-order valence-corrected chi connectivity index (χ2v) is 6.17. The molecule has 102 valence electrons. The highest BCUT2D eigenvalue weighted by atomic mass is 16.2. The highest BCUT2D eigenvalue weighted by Crippen LogP contribution is 2.36. The number of rotatable bonds is 1. The Morgan fingerprint density at radius 1 is 1.16 bits per heavy atom. The van der Waals surface area contributed by atoms with Crippen LogP contribution in [0.3, 0.4) is 0 Å². The molecule has 0 aromatic heterocycles. The van der Waals surface area contributed by atoms with Gasteiger partial charge >= 0.3 is 0 Å². The summed E-state index contributed by atoms with van der Waals surface area (Å²) in [5, 5.41) is 0. The number of amides is 1. The van der Waals surface area contributed by atoms with Crippen LogP contribution in [0.2, 0.25) is 0 Å². The number of carbonyl (C=O) groups is 1. The molecule has 19 heavy (non-hydrogen) atoms. The van der Waals surface area contributed by atoms with Gasteiger partial charge in [0, 0.05) is 24.7 Å². The van der Waals surface area contributed by atoms with Crippen molar-refractivity contribution >= 4 is 5.91 Å². The molecule has 2 aliphatic rings. The van der Waals surface area contributed by atoms with Crippen LogP contribution in [0.5, 0.6) is 0 Å². The summed E-state index contributed by atoms with van der Waals surface area (Å²) in [6.45, 7) is 3.86. The molecule has 1 aliphatic heterocycles. The fourth-order valence-electron chi connectivity index (χ4n) is 3.51. The number of fused-ring (bicyclic) bond motifs is 1. The Labute approximate surface area is 114 Å². The molecule has 3 rings (SSSR count). The van der Waals surface area contributed by atoms with Crippen LogP contribution in [0.4, 0.5) is 0 Å². The van der Waals surface area contributed by atoms with Gasteiger partial charge in [-0.3, -0.25) is 4.79 Å². The van der Waals surface area contributed by atoms with E-state index in [0.717, 1.165) is 31.5 Å². The molecule has 1 heterocycles. The lowest BCUT2D eigenvalue weighted by molar-refractivity contribution is 0.0784. The van der Waals surface area contributed by atoms with Crippen molar-refractivity contribution in [1.82, 2.24) is 4.90 Å². The zero-order valence-corrected chi connectivity index (χ0v) is 11.5. The summed E-state index contributed by atoms with van der Waals surface area (Å²) in [5.41, 5.74) is 8.04. The second-order valence-electron chi connectivity index (χ2n) is 6.17. The van der Waals surface area contributed by atoms with Gasteiger partial charge in [-0.1, -0.05) is 17.7 Å². The maximum atomic E-state index is 12.5. The molecule has 1 saturated carbocycles. The highest BCUT2D eigenvalue weighted by Gasteiger charge is 2.38. The van der Waals surface area contributed by atoms with Crippen LogP contribution in [0.15, 0.2) is 24.3 Å². The molecular weight excluding hydrogens is 236 g/mol. The lowest BCUT2D eigenvalue weighted by Crippen LogP contribution is -2.32. The SMILES string of the molecule is Cc1ccc(C(=O)N2C[C@H]3CCC(N)C[C@H]3C2)cc1. The van der Waals surface area contributed by atoms with E-state index in [0.29, 0.717) is 17.9 Å². The maximum absolute atomic E-state index is 12.5. The van der Waals surface area contributed by atoms with E-state index in [1.807, 2.05) is 36.1 Å². The molecule has 1 aromatic rings. The van der Waals surface area contributed by atoms with Crippen molar-refractivity contribution in [1.29, 1.82) is 0 Å². The van der Waals surface area contributed by atoms with E-state index < -0.39 is 0 Å². The summed E-state index contributed by atoms with van der Waals surface area (Å²) < 4.78 is 0.